The van der Waals surface area contributed by atoms with Crippen molar-refractivity contribution in [2.24, 2.45) is 0 Å². The quantitative estimate of drug-likeness (QED) is 0.737. The number of nitrogens with two attached hydrogens (primary N) is 1. The van der Waals surface area contributed by atoms with Crippen molar-refractivity contribution < 1.29 is 4.52 Å². The number of anilines is 1. The minimum Gasteiger partial charge on any atom is -0.380 e. The van der Waals surface area contributed by atoms with Crippen molar-refractivity contribution in [1.29, 1.82) is 0 Å². The van der Waals surface area contributed by atoms with Gasteiger partial charge in [-0.1, -0.05) is 5.16 Å². The van der Waals surface area contributed by atoms with Gasteiger partial charge >= 0.3 is 0 Å². The lowest BCUT2D eigenvalue weighted by atomic mass is 10.2. The Morgan fingerprint density at radius 2 is 2.27 bits per heavy atom. The van der Waals surface area contributed by atoms with Gasteiger partial charge in [0.05, 0.1) is 5.39 Å². The number of halogens is 1. The van der Waals surface area contributed by atoms with E-state index in [4.69, 9.17) is 10.3 Å². The largest absolute Gasteiger partial charge is 0.380 e. The second-order valence-corrected chi connectivity index (χ2v) is 3.45. The molecule has 0 atom stereocenters. The molecule has 0 unspecified atom stereocenters. The summed E-state index contributed by atoms with van der Waals surface area (Å²) in [5.41, 5.74) is 6.28. The third kappa shape index (κ3) is 1.07. The van der Waals surface area contributed by atoms with Gasteiger partial charge in [-0.3, -0.25) is 0 Å². The van der Waals surface area contributed by atoms with Crippen LogP contribution < -0.4 is 5.73 Å². The minimum absolute atomic E-state index is 0.457. The van der Waals surface area contributed by atoms with Crippen LogP contribution in [0, 0.1) is 3.57 Å². The van der Waals surface area contributed by atoms with Crippen molar-refractivity contribution in [2.45, 2.75) is 0 Å². The molecule has 0 aliphatic heterocycles. The summed E-state index contributed by atoms with van der Waals surface area (Å²) in [5.74, 6) is 0.457. The molecular formula is C7H5IN2O. The molecule has 2 N–H and O–H groups in total. The predicted octanol–water partition coefficient (Wildman–Crippen LogP) is 2.01. The van der Waals surface area contributed by atoms with E-state index in [0.29, 0.717) is 5.82 Å². The number of rotatable bonds is 0. The first-order valence-corrected chi connectivity index (χ1v) is 4.15. The molecule has 0 fully saturated rings. The van der Waals surface area contributed by atoms with E-state index in [1.807, 2.05) is 18.2 Å². The molecule has 2 rings (SSSR count). The molecule has 3 nitrogen and oxygen atoms in total. The summed E-state index contributed by atoms with van der Waals surface area (Å²) < 4.78 is 6.05. The number of aromatic nitrogens is 1. The van der Waals surface area contributed by atoms with Crippen LogP contribution in [0.5, 0.6) is 0 Å². The van der Waals surface area contributed by atoms with Crippen LogP contribution in [0.4, 0.5) is 5.82 Å². The molecule has 0 radical (unpaired) electrons. The van der Waals surface area contributed by atoms with E-state index < -0.39 is 0 Å². The van der Waals surface area contributed by atoms with Crippen LogP contribution in [-0.4, -0.2) is 5.16 Å². The molecule has 56 valence electrons. The van der Waals surface area contributed by atoms with Crippen molar-refractivity contribution in [2.75, 3.05) is 5.73 Å². The highest BCUT2D eigenvalue weighted by molar-refractivity contribution is 14.1. The fourth-order valence-corrected chi connectivity index (χ4v) is 1.42. The van der Waals surface area contributed by atoms with Crippen LogP contribution in [0.2, 0.25) is 0 Å². The molecule has 11 heavy (non-hydrogen) atoms. The van der Waals surface area contributed by atoms with Crippen LogP contribution in [0.15, 0.2) is 22.7 Å². The third-order valence-corrected chi connectivity index (χ3v) is 2.13. The zero-order valence-electron chi connectivity index (χ0n) is 5.54. The summed E-state index contributed by atoms with van der Waals surface area (Å²) in [6.45, 7) is 0. The summed E-state index contributed by atoms with van der Waals surface area (Å²) in [7, 11) is 0. The van der Waals surface area contributed by atoms with Crippen molar-refractivity contribution in [1.82, 2.24) is 5.16 Å². The van der Waals surface area contributed by atoms with Gasteiger partial charge in [-0.15, -0.1) is 0 Å². The number of hydrogen-bond acceptors (Lipinski definition) is 3. The van der Waals surface area contributed by atoms with Gasteiger partial charge in [-0.2, -0.15) is 0 Å². The molecule has 0 spiro atoms. The van der Waals surface area contributed by atoms with Crippen molar-refractivity contribution >= 4 is 39.4 Å². The molecule has 0 aliphatic carbocycles. The number of hydrogen-bond donors (Lipinski definition) is 1. The van der Waals surface area contributed by atoms with E-state index in [2.05, 4.69) is 27.7 Å². The summed E-state index contributed by atoms with van der Waals surface area (Å²) in [6, 6.07) is 5.76. The second kappa shape index (κ2) is 2.37. The predicted molar refractivity (Wildman–Crippen MR) is 51.1 cm³/mol. The fraction of sp³-hybridized carbons (Fsp3) is 0. The van der Waals surface area contributed by atoms with Gasteiger partial charge in [0.15, 0.2) is 11.4 Å². The third-order valence-electron chi connectivity index (χ3n) is 1.46. The molecule has 0 saturated heterocycles. The topological polar surface area (TPSA) is 52.0 Å². The monoisotopic (exact) mass is 260 g/mol. The molecule has 0 saturated carbocycles. The van der Waals surface area contributed by atoms with Crippen molar-refractivity contribution in [3.05, 3.63) is 21.8 Å². The SMILES string of the molecule is Nc1noc2ccc(I)cc12. The smallest absolute Gasteiger partial charge is 0.174 e. The van der Waals surface area contributed by atoms with E-state index in [-0.39, 0.29) is 0 Å². The van der Waals surface area contributed by atoms with Gasteiger partial charge in [0.1, 0.15) is 0 Å². The van der Waals surface area contributed by atoms with Gasteiger partial charge in [0, 0.05) is 3.57 Å². The first-order chi connectivity index (χ1) is 5.27. The first-order valence-electron chi connectivity index (χ1n) is 3.08. The molecule has 1 aromatic heterocycles. The molecule has 1 aromatic carbocycles. The summed E-state index contributed by atoms with van der Waals surface area (Å²) in [5, 5.41) is 4.52. The average Bonchev–Trinajstić information content (AvgIpc) is 2.33. The van der Waals surface area contributed by atoms with E-state index in [9.17, 15) is 0 Å². The normalized spacial score (nSPS) is 10.6. The minimum atomic E-state index is 0.457. The molecule has 1 heterocycles. The molecule has 0 bridgehead atoms. The molecule has 2 aromatic rings. The lowest BCUT2D eigenvalue weighted by Crippen LogP contribution is -1.83. The maximum atomic E-state index is 5.54. The lowest BCUT2D eigenvalue weighted by molar-refractivity contribution is 0.460. The second-order valence-electron chi connectivity index (χ2n) is 2.21. The van der Waals surface area contributed by atoms with Gasteiger partial charge in [-0.05, 0) is 40.8 Å². The van der Waals surface area contributed by atoms with Crippen LogP contribution in [0.1, 0.15) is 0 Å². The van der Waals surface area contributed by atoms with Gasteiger partial charge in [0.25, 0.3) is 0 Å². The maximum Gasteiger partial charge on any atom is 0.174 e. The highest BCUT2D eigenvalue weighted by Gasteiger charge is 2.03. The van der Waals surface area contributed by atoms with Gasteiger partial charge in [-0.25, -0.2) is 0 Å². The summed E-state index contributed by atoms with van der Waals surface area (Å²) in [4.78, 5) is 0. The van der Waals surface area contributed by atoms with Gasteiger partial charge < -0.3 is 10.3 Å². The Hall–Kier alpha value is -0.780. The average molecular weight is 260 g/mol. The Morgan fingerprint density at radius 3 is 3.09 bits per heavy atom. The highest BCUT2D eigenvalue weighted by atomic mass is 127. The Morgan fingerprint density at radius 1 is 1.45 bits per heavy atom. The Bertz CT molecular complexity index is 396. The zero-order chi connectivity index (χ0) is 7.84. The van der Waals surface area contributed by atoms with E-state index >= 15 is 0 Å². The lowest BCUT2D eigenvalue weighted by Gasteiger charge is -1.87. The van der Waals surface area contributed by atoms with Crippen LogP contribution in [0.25, 0.3) is 11.0 Å². The Kier molecular flexibility index (Phi) is 1.49. The van der Waals surface area contributed by atoms with Crippen molar-refractivity contribution in [3.63, 3.8) is 0 Å². The number of fused-ring (bicyclic) bond motifs is 1. The zero-order valence-corrected chi connectivity index (χ0v) is 7.70. The number of nitrogen functional groups attached to an aromatic ring is 1. The maximum absolute atomic E-state index is 5.54. The molecule has 4 heteroatoms. The highest BCUT2D eigenvalue weighted by Crippen LogP contribution is 2.21. The Labute approximate surface area is 76.7 Å². The molecular weight excluding hydrogens is 255 g/mol. The fourth-order valence-electron chi connectivity index (χ4n) is 0.929. The number of benzene rings is 1. The molecule has 0 amide bonds. The number of nitrogens with zero attached hydrogens (tertiary/aromatic N) is 1. The van der Waals surface area contributed by atoms with Crippen molar-refractivity contribution in [3.8, 4) is 0 Å². The van der Waals surface area contributed by atoms with Gasteiger partial charge in [0.2, 0.25) is 0 Å². The van der Waals surface area contributed by atoms with E-state index in [1.165, 1.54) is 0 Å². The van der Waals surface area contributed by atoms with E-state index in [0.717, 1.165) is 14.5 Å². The summed E-state index contributed by atoms with van der Waals surface area (Å²) in [6.07, 6.45) is 0. The summed E-state index contributed by atoms with van der Waals surface area (Å²) >= 11 is 2.22. The standard InChI is InChI=1S/C7H5IN2O/c8-4-1-2-6-5(3-4)7(9)10-11-6/h1-3H,(H2,9,10). The molecule has 0 aliphatic rings. The van der Waals surface area contributed by atoms with E-state index in [1.54, 1.807) is 0 Å². The van der Waals surface area contributed by atoms with Crippen LogP contribution in [-0.2, 0) is 0 Å². The van der Waals surface area contributed by atoms with Crippen LogP contribution in [0.3, 0.4) is 0 Å². The van der Waals surface area contributed by atoms with Crippen LogP contribution >= 0.6 is 22.6 Å². The first kappa shape index (κ1) is 6.90. The Balaban J connectivity index is 2.87.